The predicted molar refractivity (Wildman–Crippen MR) is 136 cm³/mol. The maximum atomic E-state index is 13.3. The van der Waals surface area contributed by atoms with Gasteiger partial charge in [0, 0.05) is 37.0 Å². The summed E-state index contributed by atoms with van der Waals surface area (Å²) >= 11 is 0. The number of hydrogen-bond donors (Lipinski definition) is 1. The molecule has 8 nitrogen and oxygen atoms in total. The summed E-state index contributed by atoms with van der Waals surface area (Å²) in [7, 11) is -1.95. The Kier molecular flexibility index (Phi) is 6.42. The van der Waals surface area contributed by atoms with E-state index in [1.165, 1.54) is 12.1 Å². The fourth-order valence-corrected chi connectivity index (χ4v) is 5.84. The molecule has 0 unspecified atom stereocenters. The lowest BCUT2D eigenvalue weighted by atomic mass is 10.1. The summed E-state index contributed by atoms with van der Waals surface area (Å²) < 4.78 is 31.3. The van der Waals surface area contributed by atoms with Crippen molar-refractivity contribution in [2.75, 3.05) is 18.9 Å². The van der Waals surface area contributed by atoms with Crippen LogP contribution in [0.3, 0.4) is 0 Å². The molecule has 0 saturated carbocycles. The van der Waals surface area contributed by atoms with Crippen LogP contribution in [0.1, 0.15) is 53.8 Å². The van der Waals surface area contributed by atoms with E-state index in [-0.39, 0.29) is 10.8 Å². The van der Waals surface area contributed by atoms with Gasteiger partial charge in [-0.1, -0.05) is 24.6 Å². The van der Waals surface area contributed by atoms with Crippen molar-refractivity contribution in [1.82, 2.24) is 14.7 Å². The molecule has 3 aromatic rings. The van der Waals surface area contributed by atoms with Crippen LogP contribution in [0.4, 0.5) is 5.69 Å². The van der Waals surface area contributed by atoms with Crippen LogP contribution < -0.4 is 5.32 Å². The molecule has 1 saturated heterocycles. The molecule has 0 radical (unpaired) electrons. The maximum absolute atomic E-state index is 13.3. The van der Waals surface area contributed by atoms with E-state index in [1.54, 1.807) is 12.1 Å². The lowest BCUT2D eigenvalue weighted by Crippen LogP contribution is -2.20. The Bertz CT molecular complexity index is 1360. The van der Waals surface area contributed by atoms with E-state index in [9.17, 15) is 13.2 Å². The Labute approximate surface area is 205 Å². The van der Waals surface area contributed by atoms with Crippen LogP contribution in [-0.2, 0) is 22.9 Å². The smallest absolute Gasteiger partial charge is 0.283 e. The van der Waals surface area contributed by atoms with E-state index < -0.39 is 10.0 Å². The minimum atomic E-state index is -3.80. The highest BCUT2D eigenvalue weighted by atomic mass is 32.2. The first-order valence-corrected chi connectivity index (χ1v) is 13.5. The number of carbonyl (C=O) groups is 1. The number of carbonyl (C=O) groups excluding carboxylic acids is 1. The lowest BCUT2D eigenvalue weighted by Gasteiger charge is -2.11. The van der Waals surface area contributed by atoms with Crippen molar-refractivity contribution in [1.29, 1.82) is 0 Å². The summed E-state index contributed by atoms with van der Waals surface area (Å²) in [5.74, 6) is 0.290. The van der Waals surface area contributed by atoms with Crippen molar-refractivity contribution >= 4 is 27.5 Å². The summed E-state index contributed by atoms with van der Waals surface area (Å²) in [6.07, 6.45) is 6.48. The van der Waals surface area contributed by atoms with Crippen molar-refractivity contribution in [2.45, 2.75) is 49.8 Å². The molecule has 182 valence electrons. The van der Waals surface area contributed by atoms with Crippen molar-refractivity contribution in [3.8, 4) is 5.69 Å². The van der Waals surface area contributed by atoms with Crippen molar-refractivity contribution in [3.05, 3.63) is 71.5 Å². The van der Waals surface area contributed by atoms with E-state index >= 15 is 0 Å². The number of nitrogens with one attached hydrogen (secondary N) is 1. The summed E-state index contributed by atoms with van der Waals surface area (Å²) in [6.45, 7) is 0.809. The molecule has 0 bridgehead atoms. The molecule has 1 N–H and O–H groups in total. The Morgan fingerprint density at radius 3 is 2.40 bits per heavy atom. The number of nitrogens with zero attached hydrogens (tertiary/aromatic N) is 4. The summed E-state index contributed by atoms with van der Waals surface area (Å²) in [5, 5.41) is 7.61. The van der Waals surface area contributed by atoms with Crippen LogP contribution in [0.5, 0.6) is 0 Å². The number of likely N-dealkylation sites (tertiary alicyclic amines) is 1. The van der Waals surface area contributed by atoms with Gasteiger partial charge >= 0.3 is 0 Å². The van der Waals surface area contributed by atoms with Gasteiger partial charge in [0.2, 0.25) is 0 Å². The number of anilines is 1. The highest BCUT2D eigenvalue weighted by Gasteiger charge is 2.25. The molecular formula is C26H29N5O3S. The van der Waals surface area contributed by atoms with Gasteiger partial charge < -0.3 is 10.2 Å². The Morgan fingerprint density at radius 1 is 0.943 bits per heavy atom. The number of aromatic nitrogens is 2. The molecule has 1 amide bonds. The summed E-state index contributed by atoms with van der Waals surface area (Å²) in [4.78, 5) is 15.2. The molecule has 2 aliphatic rings. The van der Waals surface area contributed by atoms with Gasteiger partial charge in [-0.2, -0.15) is 13.5 Å². The molecule has 1 fully saturated rings. The van der Waals surface area contributed by atoms with Gasteiger partial charge in [0.05, 0.1) is 10.6 Å². The fourth-order valence-electron chi connectivity index (χ4n) is 4.74. The number of benzene rings is 2. The van der Waals surface area contributed by atoms with E-state index in [2.05, 4.69) is 9.71 Å². The zero-order valence-corrected chi connectivity index (χ0v) is 20.6. The van der Waals surface area contributed by atoms with Crippen LogP contribution in [-0.4, -0.2) is 48.4 Å². The zero-order valence-electron chi connectivity index (χ0n) is 19.8. The largest absolute Gasteiger partial charge is 0.362 e. The molecule has 5 rings (SSSR count). The first-order chi connectivity index (χ1) is 16.9. The topological polar surface area (TPSA) is 96.7 Å². The van der Waals surface area contributed by atoms with E-state index in [0.29, 0.717) is 23.6 Å². The number of fused-ring (bicyclic) bond motifs is 1. The monoisotopic (exact) mass is 491 g/mol. The van der Waals surface area contributed by atoms with Gasteiger partial charge in [0.15, 0.2) is 5.69 Å². The Balaban J connectivity index is 1.39. The maximum Gasteiger partial charge on any atom is 0.283 e. The minimum absolute atomic E-state index is 0.102. The number of amidine groups is 1. The van der Waals surface area contributed by atoms with E-state index in [4.69, 9.17) is 5.10 Å². The van der Waals surface area contributed by atoms with Crippen LogP contribution in [0, 0.1) is 0 Å². The molecule has 1 aromatic heterocycles. The van der Waals surface area contributed by atoms with Crippen LogP contribution in [0.2, 0.25) is 0 Å². The molecule has 1 aliphatic carbocycles. The second-order valence-electron chi connectivity index (χ2n) is 9.07. The average molecular weight is 492 g/mol. The van der Waals surface area contributed by atoms with Gasteiger partial charge in [-0.25, -0.2) is 4.68 Å². The quantitative estimate of drug-likeness (QED) is 0.540. The molecule has 2 aromatic carbocycles. The second-order valence-corrected chi connectivity index (χ2v) is 10.7. The molecular weight excluding hydrogens is 462 g/mol. The van der Waals surface area contributed by atoms with Crippen molar-refractivity contribution in [2.24, 2.45) is 4.40 Å². The van der Waals surface area contributed by atoms with Crippen LogP contribution in [0.25, 0.3) is 5.69 Å². The molecule has 9 heteroatoms. The zero-order chi connectivity index (χ0) is 24.4. The predicted octanol–water partition coefficient (Wildman–Crippen LogP) is 4.21. The third-order valence-electron chi connectivity index (χ3n) is 6.62. The van der Waals surface area contributed by atoms with Gasteiger partial charge in [-0.3, -0.25) is 4.79 Å². The summed E-state index contributed by atoms with van der Waals surface area (Å²) in [6, 6.07) is 16.0. The number of sulfonamides is 1. The Hall–Kier alpha value is -3.46. The van der Waals surface area contributed by atoms with E-state index in [1.807, 2.05) is 47.0 Å². The Morgan fingerprint density at radius 2 is 1.69 bits per heavy atom. The number of rotatable bonds is 5. The average Bonchev–Trinajstić information content (AvgIpc) is 3.33. The van der Waals surface area contributed by atoms with Crippen molar-refractivity contribution < 1.29 is 13.2 Å². The van der Waals surface area contributed by atoms with E-state index in [0.717, 1.165) is 62.0 Å². The third-order valence-corrected chi connectivity index (χ3v) is 7.94. The van der Waals surface area contributed by atoms with Crippen LogP contribution >= 0.6 is 0 Å². The third kappa shape index (κ3) is 4.86. The van der Waals surface area contributed by atoms with Gasteiger partial charge in [-0.15, -0.1) is 4.40 Å². The number of hydrogen-bond acceptors (Lipinski definition) is 4. The fraction of sp³-hybridized carbons (Fsp3) is 0.346. The minimum Gasteiger partial charge on any atom is -0.362 e. The second kappa shape index (κ2) is 9.65. The molecule has 0 atom stereocenters. The first kappa shape index (κ1) is 23.3. The van der Waals surface area contributed by atoms with Gasteiger partial charge in [0.1, 0.15) is 5.84 Å². The lowest BCUT2D eigenvalue weighted by molar-refractivity contribution is 0.102. The molecule has 35 heavy (non-hydrogen) atoms. The standard InChI is InChI=1S/C26H29N5O3S/c1-30-18-8-13-24(30)29-35(33,34)21-16-14-19(15-17-21)27-26(32)25-22-11-6-3-7-12-23(22)31(28-25)20-9-4-2-5-10-20/h2,4-5,9-10,14-17H,3,6-8,11-13,18H2,1H3,(H,27,32)/b29-24+. The van der Waals surface area contributed by atoms with Gasteiger partial charge in [-0.05, 0) is 68.5 Å². The molecule has 0 spiro atoms. The van der Waals surface area contributed by atoms with Crippen LogP contribution in [0.15, 0.2) is 63.9 Å². The SMILES string of the molecule is CN1CCC/C1=N\S(=O)(=O)c1ccc(NC(=O)c2nn(-c3ccccc3)c3c2CCCCC3)cc1. The number of amides is 1. The highest BCUT2D eigenvalue weighted by Crippen LogP contribution is 2.27. The summed E-state index contributed by atoms with van der Waals surface area (Å²) in [5.41, 5.74) is 3.97. The molecule has 1 aliphatic heterocycles. The molecule has 2 heterocycles. The number of para-hydroxylation sites is 1. The highest BCUT2D eigenvalue weighted by molar-refractivity contribution is 7.90. The van der Waals surface area contributed by atoms with Crippen molar-refractivity contribution in [3.63, 3.8) is 0 Å². The van der Waals surface area contributed by atoms with Gasteiger partial charge in [0.25, 0.3) is 15.9 Å². The normalized spacial score (nSPS) is 17.3. The first-order valence-electron chi connectivity index (χ1n) is 12.0.